The molecule has 3 aliphatic rings. The maximum atomic E-state index is 14.6. The molecule has 200 valence electrons. The normalized spacial score (nSPS) is 28.2. The first-order chi connectivity index (χ1) is 18.4. The van der Waals surface area contributed by atoms with Crippen molar-refractivity contribution in [1.82, 2.24) is 4.90 Å². The maximum Gasteiger partial charge on any atom is 0.312 e. The van der Waals surface area contributed by atoms with Crippen molar-refractivity contribution in [2.75, 3.05) is 24.7 Å². The Bertz CT molecular complexity index is 1240. The van der Waals surface area contributed by atoms with Crippen molar-refractivity contribution in [2.45, 2.75) is 43.6 Å². The van der Waals surface area contributed by atoms with E-state index >= 15 is 0 Å². The van der Waals surface area contributed by atoms with Crippen LogP contribution >= 0.6 is 11.6 Å². The van der Waals surface area contributed by atoms with Gasteiger partial charge in [-0.15, -0.1) is 6.58 Å². The fraction of sp³-hybridized carbons (Fsp3) is 0.414. The summed E-state index contributed by atoms with van der Waals surface area (Å²) >= 11 is 6.50. The molecule has 0 aliphatic carbocycles. The average molecular weight is 539 g/mol. The molecule has 0 aromatic heterocycles. The van der Waals surface area contributed by atoms with Gasteiger partial charge in [0.2, 0.25) is 5.91 Å². The van der Waals surface area contributed by atoms with E-state index in [0.29, 0.717) is 29.1 Å². The minimum absolute atomic E-state index is 0.141. The Hall–Kier alpha value is -3.20. The fourth-order valence-corrected chi connectivity index (χ4v) is 6.73. The van der Waals surface area contributed by atoms with Gasteiger partial charge in [-0.3, -0.25) is 14.4 Å². The van der Waals surface area contributed by atoms with Gasteiger partial charge in [0.15, 0.2) is 0 Å². The molecule has 38 heavy (non-hydrogen) atoms. The van der Waals surface area contributed by atoms with Crippen LogP contribution in [0.2, 0.25) is 5.02 Å². The highest BCUT2D eigenvalue weighted by Crippen LogP contribution is 2.60. The van der Waals surface area contributed by atoms with E-state index in [1.165, 1.54) is 9.80 Å². The van der Waals surface area contributed by atoms with Gasteiger partial charge in [0.1, 0.15) is 11.6 Å². The van der Waals surface area contributed by atoms with E-state index in [-0.39, 0.29) is 13.2 Å². The second-order valence-corrected chi connectivity index (χ2v) is 10.3. The number of halogens is 1. The molecule has 2 amide bonds. The smallest absolute Gasteiger partial charge is 0.312 e. The zero-order valence-corrected chi connectivity index (χ0v) is 21.9. The fourth-order valence-electron chi connectivity index (χ4n) is 6.50. The number of carbonyl (C=O) groups excluding carboxylic acids is 3. The second kappa shape index (κ2) is 10.5. The van der Waals surface area contributed by atoms with Gasteiger partial charge >= 0.3 is 5.97 Å². The summed E-state index contributed by atoms with van der Waals surface area (Å²) in [5.74, 6) is -3.03. The lowest BCUT2D eigenvalue weighted by Crippen LogP contribution is -2.57. The predicted octanol–water partition coefficient (Wildman–Crippen LogP) is 3.53. The largest absolute Gasteiger partial charge is 0.466 e. The van der Waals surface area contributed by atoms with Gasteiger partial charge in [-0.05, 0) is 37.5 Å². The molecule has 2 unspecified atom stereocenters. The van der Waals surface area contributed by atoms with Gasteiger partial charge in [0.25, 0.3) is 5.91 Å². The van der Waals surface area contributed by atoms with Crippen molar-refractivity contribution in [1.29, 1.82) is 0 Å². The zero-order chi connectivity index (χ0) is 27.0. The Morgan fingerprint density at radius 2 is 1.97 bits per heavy atom. The van der Waals surface area contributed by atoms with Crippen molar-refractivity contribution in [3.8, 4) is 0 Å². The lowest BCUT2D eigenvalue weighted by atomic mass is 9.70. The number of anilines is 1. The number of amides is 2. The number of ether oxygens (including phenoxy) is 2. The Labute approximate surface area is 226 Å². The van der Waals surface area contributed by atoms with Gasteiger partial charge in [-0.2, -0.15) is 0 Å². The molecule has 1 N–H and O–H groups in total. The molecular weight excluding hydrogens is 508 g/mol. The first-order valence-corrected chi connectivity index (χ1v) is 13.3. The molecule has 2 bridgehead atoms. The number of rotatable bonds is 9. The summed E-state index contributed by atoms with van der Waals surface area (Å²) in [6.45, 7) is 5.43. The first-order valence-electron chi connectivity index (χ1n) is 12.9. The number of esters is 1. The van der Waals surface area contributed by atoms with Crippen molar-refractivity contribution in [3.63, 3.8) is 0 Å². The van der Waals surface area contributed by atoms with Gasteiger partial charge in [-0.25, -0.2) is 0 Å². The first kappa shape index (κ1) is 26.4. The van der Waals surface area contributed by atoms with Crippen LogP contribution in [0.4, 0.5) is 5.69 Å². The number of aliphatic hydroxyl groups excluding tert-OH is 1. The van der Waals surface area contributed by atoms with Gasteiger partial charge < -0.3 is 24.4 Å². The van der Waals surface area contributed by atoms with Crippen LogP contribution in [0.3, 0.4) is 0 Å². The number of nitrogens with zero attached hydrogens (tertiary/aromatic N) is 2. The highest BCUT2D eigenvalue weighted by atomic mass is 35.5. The number of hydrogen-bond donors (Lipinski definition) is 1. The summed E-state index contributed by atoms with van der Waals surface area (Å²) < 4.78 is 11.8. The number of likely N-dealkylation sites (tertiary alicyclic amines) is 1. The van der Waals surface area contributed by atoms with Crippen molar-refractivity contribution in [3.05, 3.63) is 77.8 Å². The van der Waals surface area contributed by atoms with Crippen molar-refractivity contribution >= 4 is 35.1 Å². The zero-order valence-electron chi connectivity index (χ0n) is 21.2. The Morgan fingerprint density at radius 3 is 2.63 bits per heavy atom. The molecule has 3 fully saturated rings. The Morgan fingerprint density at radius 1 is 1.26 bits per heavy atom. The summed E-state index contributed by atoms with van der Waals surface area (Å²) in [6, 6.07) is 14.1. The summed E-state index contributed by atoms with van der Waals surface area (Å²) in [4.78, 5) is 44.8. The molecule has 3 saturated heterocycles. The number of fused-ring (bicyclic) bond motifs is 1. The van der Waals surface area contributed by atoms with Crippen LogP contribution in [0.5, 0.6) is 0 Å². The Balaban J connectivity index is 1.65. The van der Waals surface area contributed by atoms with E-state index in [0.717, 1.165) is 0 Å². The van der Waals surface area contributed by atoms with Crippen molar-refractivity contribution in [2.24, 2.45) is 11.8 Å². The van der Waals surface area contributed by atoms with E-state index in [2.05, 4.69) is 6.58 Å². The standard InChI is InChI=1S/C29H31ClN2O6/c1-3-16-31(20-13-9-8-12-19(20)30)27(35)25-29-15-14-22(38-29)23(28(36)37-4-2)24(29)26(34)32(25)21(17-33)18-10-6-5-7-11-18/h3,5-13,21-25,33H,1,4,14-17H2,2H3/t21-,22+,23-,24+,25?,29?/m1/s1. The average Bonchev–Trinajstić information content (AvgIpc) is 3.56. The Kier molecular flexibility index (Phi) is 7.31. The van der Waals surface area contributed by atoms with E-state index in [9.17, 15) is 19.5 Å². The molecular formula is C29H31ClN2O6. The third-order valence-corrected chi connectivity index (χ3v) is 8.26. The van der Waals surface area contributed by atoms with Gasteiger partial charge in [0, 0.05) is 6.54 Å². The summed E-state index contributed by atoms with van der Waals surface area (Å²) in [7, 11) is 0. The molecule has 6 atom stereocenters. The lowest BCUT2D eigenvalue weighted by molar-refractivity contribution is -0.155. The summed E-state index contributed by atoms with van der Waals surface area (Å²) in [6.07, 6.45) is 2.02. The van der Waals surface area contributed by atoms with Crippen molar-refractivity contribution < 1.29 is 29.0 Å². The van der Waals surface area contributed by atoms with E-state index in [1.54, 1.807) is 49.4 Å². The highest BCUT2D eigenvalue weighted by molar-refractivity contribution is 6.34. The van der Waals surface area contributed by atoms with Crippen LogP contribution < -0.4 is 4.90 Å². The monoisotopic (exact) mass is 538 g/mol. The third kappa shape index (κ3) is 4.02. The molecule has 3 heterocycles. The van der Waals surface area contributed by atoms with Crippen LogP contribution in [-0.2, 0) is 23.9 Å². The maximum absolute atomic E-state index is 14.6. The molecule has 3 aliphatic heterocycles. The minimum atomic E-state index is -1.24. The second-order valence-electron chi connectivity index (χ2n) is 9.85. The molecule has 1 spiro atoms. The highest BCUT2D eigenvalue weighted by Gasteiger charge is 2.75. The van der Waals surface area contributed by atoms with E-state index in [1.807, 2.05) is 18.2 Å². The molecule has 2 aromatic carbocycles. The molecule has 8 nitrogen and oxygen atoms in total. The third-order valence-electron chi connectivity index (χ3n) is 7.94. The van der Waals surface area contributed by atoms with Gasteiger partial charge in [-0.1, -0.05) is 60.1 Å². The topological polar surface area (TPSA) is 96.4 Å². The van der Waals surface area contributed by atoms with E-state index in [4.69, 9.17) is 21.1 Å². The molecule has 0 radical (unpaired) electrons. The number of aliphatic hydroxyl groups is 1. The van der Waals surface area contributed by atoms with Crippen LogP contribution in [0, 0.1) is 11.8 Å². The number of hydrogen-bond acceptors (Lipinski definition) is 6. The molecule has 5 rings (SSSR count). The van der Waals surface area contributed by atoms with Crippen LogP contribution in [-0.4, -0.2) is 65.3 Å². The van der Waals surface area contributed by atoms with Crippen LogP contribution in [0.25, 0.3) is 0 Å². The molecule has 0 saturated carbocycles. The SMILES string of the molecule is C=CCN(C(=O)C1N([C@H](CO)c2ccccc2)C(=O)[C@@H]2[C@H](C(=O)OCC)[C@@H]3CCC12O3)c1ccccc1Cl. The van der Waals surface area contributed by atoms with Gasteiger partial charge in [0.05, 0.1) is 47.9 Å². The lowest BCUT2D eigenvalue weighted by Gasteiger charge is -2.39. The molecule has 2 aromatic rings. The number of benzene rings is 2. The van der Waals surface area contributed by atoms with Crippen LogP contribution in [0.15, 0.2) is 67.3 Å². The van der Waals surface area contributed by atoms with E-state index < -0.39 is 60.0 Å². The minimum Gasteiger partial charge on any atom is -0.466 e. The summed E-state index contributed by atoms with van der Waals surface area (Å²) in [5.41, 5.74) is -0.0899. The predicted molar refractivity (Wildman–Crippen MR) is 141 cm³/mol. The van der Waals surface area contributed by atoms with Crippen LogP contribution in [0.1, 0.15) is 31.4 Å². The molecule has 9 heteroatoms. The quantitative estimate of drug-likeness (QED) is 0.387. The number of carbonyl (C=O) groups is 3. The number of para-hydroxylation sites is 1. The summed E-state index contributed by atoms with van der Waals surface area (Å²) in [5, 5.41) is 10.9.